The van der Waals surface area contributed by atoms with Gasteiger partial charge in [0.05, 0.1) is 0 Å². The van der Waals surface area contributed by atoms with E-state index in [4.69, 9.17) is 9.05 Å². The van der Waals surface area contributed by atoms with Crippen molar-refractivity contribution in [3.8, 4) is 5.75 Å². The summed E-state index contributed by atoms with van der Waals surface area (Å²) >= 11 is 0. The van der Waals surface area contributed by atoms with E-state index in [1.54, 1.807) is 6.08 Å². The van der Waals surface area contributed by atoms with E-state index >= 15 is 0 Å². The summed E-state index contributed by atoms with van der Waals surface area (Å²) in [5.41, 5.74) is 0.864. The second-order valence-corrected chi connectivity index (χ2v) is 12.0. The van der Waals surface area contributed by atoms with E-state index in [-0.39, 0.29) is 22.4 Å². The van der Waals surface area contributed by atoms with Gasteiger partial charge in [0.1, 0.15) is 11.4 Å². The van der Waals surface area contributed by atoms with Crippen LogP contribution in [0.15, 0.2) is 18.2 Å². The maximum atomic E-state index is 13.1. The van der Waals surface area contributed by atoms with Gasteiger partial charge in [0.2, 0.25) is 0 Å². The lowest BCUT2D eigenvalue weighted by molar-refractivity contribution is -0.130. The van der Waals surface area contributed by atoms with Gasteiger partial charge in [-0.05, 0) is 47.5 Å². The average molecular weight is 439 g/mol. The van der Waals surface area contributed by atoms with Crippen molar-refractivity contribution in [2.24, 2.45) is 0 Å². The van der Waals surface area contributed by atoms with E-state index in [0.717, 1.165) is 11.1 Å². The van der Waals surface area contributed by atoms with Gasteiger partial charge in [-0.3, -0.25) is 13.9 Å². The summed E-state index contributed by atoms with van der Waals surface area (Å²) < 4.78 is 23.0. The molecule has 1 rings (SSSR count). The summed E-state index contributed by atoms with van der Waals surface area (Å²) in [4.78, 5) is 13.1. The van der Waals surface area contributed by atoms with Gasteiger partial charge < -0.3 is 9.63 Å². The Bertz CT molecular complexity index is 836. The molecule has 0 aliphatic heterocycles. The van der Waals surface area contributed by atoms with Crippen LogP contribution in [0.4, 0.5) is 0 Å². The fourth-order valence-electron chi connectivity index (χ4n) is 3.23. The number of aromatic hydroxyl groups is 1. The molecule has 170 valence electrons. The molecule has 0 spiro atoms. The zero-order valence-corrected chi connectivity index (χ0v) is 21.1. The van der Waals surface area contributed by atoms with Crippen molar-refractivity contribution >= 4 is 19.5 Å². The van der Waals surface area contributed by atoms with Crippen LogP contribution in [-0.4, -0.2) is 30.3 Å². The molecule has 0 aliphatic rings. The van der Waals surface area contributed by atoms with E-state index < -0.39 is 13.2 Å². The summed E-state index contributed by atoms with van der Waals surface area (Å²) in [6, 6.07) is 3.95. The Morgan fingerprint density at radius 1 is 1.07 bits per heavy atom. The minimum absolute atomic E-state index is 0.118. The van der Waals surface area contributed by atoms with Gasteiger partial charge in [0.15, 0.2) is 5.78 Å². The van der Waals surface area contributed by atoms with Gasteiger partial charge >= 0.3 is 7.60 Å². The SMILES string of the molecule is CCC(CC)(OP(C)(=O)OC)C(=O)C=Cc1cc(C(C)(C)C)cc(C(C)(C)C)c1O. The maximum Gasteiger partial charge on any atom is 0.328 e. The second-order valence-electron chi connectivity index (χ2n) is 9.91. The predicted octanol–water partition coefficient (Wildman–Crippen LogP) is 6.61. The standard InChI is InChI=1S/C24H39O5P/c1-11-24(12-2,29-30(10,27)28-9)20(25)14-13-17-15-18(22(3,4)5)16-19(21(17)26)23(6,7)8/h13-16,26H,11-12H2,1-10H3. The van der Waals surface area contributed by atoms with Crippen LogP contribution in [0, 0.1) is 0 Å². The molecule has 0 heterocycles. The monoisotopic (exact) mass is 438 g/mol. The number of carbonyl (C=O) groups is 1. The van der Waals surface area contributed by atoms with Gasteiger partial charge in [0, 0.05) is 24.9 Å². The van der Waals surface area contributed by atoms with Crippen molar-refractivity contribution < 1.29 is 23.5 Å². The molecule has 1 aromatic rings. The molecule has 0 saturated carbocycles. The number of hydrogen-bond donors (Lipinski definition) is 1. The molecule has 0 amide bonds. The van der Waals surface area contributed by atoms with Crippen LogP contribution in [0.3, 0.4) is 0 Å². The zero-order valence-electron chi connectivity index (χ0n) is 20.3. The third kappa shape index (κ3) is 6.29. The molecule has 0 radical (unpaired) electrons. The first-order valence-corrected chi connectivity index (χ1v) is 12.5. The molecular weight excluding hydrogens is 399 g/mol. The van der Waals surface area contributed by atoms with Crippen LogP contribution in [0.2, 0.25) is 0 Å². The Morgan fingerprint density at radius 2 is 1.60 bits per heavy atom. The number of rotatable bonds is 8. The molecule has 0 bridgehead atoms. The first-order chi connectivity index (χ1) is 13.5. The number of benzene rings is 1. The van der Waals surface area contributed by atoms with Gasteiger partial charge in [-0.2, -0.15) is 0 Å². The molecular formula is C24H39O5P. The van der Waals surface area contributed by atoms with Gasteiger partial charge in [0.25, 0.3) is 0 Å². The first kappa shape index (κ1) is 26.6. The molecule has 1 aromatic carbocycles. The highest BCUT2D eigenvalue weighted by molar-refractivity contribution is 7.53. The number of carbonyl (C=O) groups excluding carboxylic acids is 1. The molecule has 0 aliphatic carbocycles. The highest BCUT2D eigenvalue weighted by Gasteiger charge is 2.40. The van der Waals surface area contributed by atoms with Crippen LogP contribution in [-0.2, 0) is 29.2 Å². The van der Waals surface area contributed by atoms with Crippen LogP contribution in [0.5, 0.6) is 5.75 Å². The van der Waals surface area contributed by atoms with Gasteiger partial charge in [-0.25, -0.2) is 0 Å². The number of hydrogen-bond acceptors (Lipinski definition) is 5. The molecule has 1 atom stereocenters. The molecule has 0 fully saturated rings. The summed E-state index contributed by atoms with van der Waals surface area (Å²) in [5.74, 6) is -0.137. The third-order valence-electron chi connectivity index (χ3n) is 5.49. The fraction of sp³-hybridized carbons (Fsp3) is 0.625. The Labute approximate surface area is 182 Å². The van der Waals surface area contributed by atoms with E-state index in [2.05, 4.69) is 20.8 Å². The smallest absolute Gasteiger partial charge is 0.328 e. The van der Waals surface area contributed by atoms with Crippen LogP contribution in [0.25, 0.3) is 6.08 Å². The highest BCUT2D eigenvalue weighted by Crippen LogP contribution is 2.49. The van der Waals surface area contributed by atoms with Gasteiger partial charge in [-0.1, -0.05) is 61.5 Å². The van der Waals surface area contributed by atoms with Crippen LogP contribution in [0.1, 0.15) is 84.9 Å². The summed E-state index contributed by atoms with van der Waals surface area (Å²) in [7, 11) is -2.04. The normalized spacial score (nSPS) is 15.4. The lowest BCUT2D eigenvalue weighted by Crippen LogP contribution is -2.38. The van der Waals surface area contributed by atoms with Crippen molar-refractivity contribution in [2.75, 3.05) is 13.8 Å². The van der Waals surface area contributed by atoms with E-state index in [1.165, 1.54) is 19.9 Å². The Hall–Kier alpha value is -1.42. The highest BCUT2D eigenvalue weighted by atomic mass is 31.2. The van der Waals surface area contributed by atoms with E-state index in [0.29, 0.717) is 18.4 Å². The lowest BCUT2D eigenvalue weighted by Gasteiger charge is -2.31. The molecule has 1 unspecified atom stereocenters. The molecule has 1 N–H and O–H groups in total. The average Bonchev–Trinajstić information content (AvgIpc) is 2.63. The third-order valence-corrected chi connectivity index (χ3v) is 6.84. The minimum atomic E-state index is -3.35. The molecule has 0 saturated heterocycles. The summed E-state index contributed by atoms with van der Waals surface area (Å²) in [5, 5.41) is 10.9. The Balaban J connectivity index is 3.49. The van der Waals surface area contributed by atoms with Crippen molar-refractivity contribution in [2.45, 2.75) is 84.7 Å². The number of phenolic OH excluding ortho intramolecular Hbond substituents is 1. The number of ketones is 1. The van der Waals surface area contributed by atoms with Crippen molar-refractivity contribution in [3.05, 3.63) is 34.9 Å². The minimum Gasteiger partial charge on any atom is -0.507 e. The van der Waals surface area contributed by atoms with Crippen LogP contribution < -0.4 is 0 Å². The molecule has 30 heavy (non-hydrogen) atoms. The summed E-state index contributed by atoms with van der Waals surface area (Å²) in [6.45, 7) is 17.5. The topological polar surface area (TPSA) is 72.8 Å². The lowest BCUT2D eigenvalue weighted by atomic mass is 9.79. The molecule has 6 heteroatoms. The van der Waals surface area contributed by atoms with Crippen LogP contribution >= 0.6 is 7.60 Å². The van der Waals surface area contributed by atoms with Crippen molar-refractivity contribution in [1.82, 2.24) is 0 Å². The largest absolute Gasteiger partial charge is 0.507 e. The first-order valence-electron chi connectivity index (χ1n) is 10.5. The molecule has 5 nitrogen and oxygen atoms in total. The predicted molar refractivity (Wildman–Crippen MR) is 124 cm³/mol. The Kier molecular flexibility index (Phi) is 8.32. The Morgan fingerprint density at radius 3 is 2.00 bits per heavy atom. The quantitative estimate of drug-likeness (QED) is 0.365. The fourth-order valence-corrected chi connectivity index (χ4v) is 4.29. The number of phenols is 1. The maximum absolute atomic E-state index is 13.1. The summed E-state index contributed by atoms with van der Waals surface area (Å²) in [6.07, 6.45) is 3.75. The van der Waals surface area contributed by atoms with E-state index in [1.807, 2.05) is 46.8 Å². The molecule has 0 aromatic heterocycles. The zero-order chi connectivity index (χ0) is 23.5. The van der Waals surface area contributed by atoms with Crippen molar-refractivity contribution in [1.29, 1.82) is 0 Å². The second kappa shape index (κ2) is 9.38. The van der Waals surface area contributed by atoms with Gasteiger partial charge in [-0.15, -0.1) is 0 Å². The van der Waals surface area contributed by atoms with E-state index in [9.17, 15) is 14.5 Å². The van der Waals surface area contributed by atoms with Crippen molar-refractivity contribution in [3.63, 3.8) is 0 Å².